The van der Waals surface area contributed by atoms with Crippen molar-refractivity contribution in [1.29, 1.82) is 5.26 Å². The van der Waals surface area contributed by atoms with Crippen LogP contribution in [-0.4, -0.2) is 56.8 Å². The molecule has 0 aliphatic carbocycles. The minimum atomic E-state index is -0.0170. The first-order chi connectivity index (χ1) is 17.7. The molecule has 7 nitrogen and oxygen atoms in total. The average Bonchev–Trinajstić information content (AvgIpc) is 3.18. The van der Waals surface area contributed by atoms with Crippen LogP contribution in [0, 0.1) is 11.3 Å². The number of nitrogens with zero attached hydrogens (tertiary/aromatic N) is 3. The lowest BCUT2D eigenvalue weighted by molar-refractivity contribution is 0.0766. The number of hydrogen-bond donors (Lipinski definition) is 0. The minimum absolute atomic E-state index is 0.0170. The fraction of sp³-hybridized carbons (Fsp3) is 0.310. The number of amides is 1. The summed E-state index contributed by atoms with van der Waals surface area (Å²) in [5.41, 5.74) is 2.30. The molecule has 1 aliphatic heterocycles. The highest BCUT2D eigenvalue weighted by molar-refractivity contribution is 5.95. The molecule has 186 valence electrons. The van der Waals surface area contributed by atoms with E-state index in [0.717, 1.165) is 30.9 Å². The van der Waals surface area contributed by atoms with Gasteiger partial charge in [-0.05, 0) is 67.9 Å². The van der Waals surface area contributed by atoms with Crippen molar-refractivity contribution >= 4 is 11.6 Å². The highest BCUT2D eigenvalue weighted by Crippen LogP contribution is 2.29. The summed E-state index contributed by atoms with van der Waals surface area (Å²) in [6, 6.07) is 24.7. The molecule has 3 aromatic rings. The van der Waals surface area contributed by atoms with Gasteiger partial charge in [0.15, 0.2) is 11.5 Å². The van der Waals surface area contributed by atoms with E-state index in [4.69, 9.17) is 19.5 Å². The van der Waals surface area contributed by atoms with Gasteiger partial charge >= 0.3 is 0 Å². The van der Waals surface area contributed by atoms with Gasteiger partial charge in [-0.25, -0.2) is 0 Å². The number of benzene rings is 3. The molecule has 0 bridgehead atoms. The van der Waals surface area contributed by atoms with E-state index in [-0.39, 0.29) is 5.91 Å². The fourth-order valence-electron chi connectivity index (χ4n) is 4.16. The zero-order valence-corrected chi connectivity index (χ0v) is 20.6. The van der Waals surface area contributed by atoms with Crippen molar-refractivity contribution in [3.63, 3.8) is 0 Å². The Morgan fingerprint density at radius 3 is 2.39 bits per heavy atom. The van der Waals surface area contributed by atoms with Crippen molar-refractivity contribution in [1.82, 2.24) is 4.90 Å². The second-order valence-corrected chi connectivity index (χ2v) is 8.40. The summed E-state index contributed by atoms with van der Waals surface area (Å²) in [6.45, 7) is 6.04. The van der Waals surface area contributed by atoms with E-state index >= 15 is 0 Å². The van der Waals surface area contributed by atoms with Crippen LogP contribution in [0.25, 0.3) is 0 Å². The predicted octanol–water partition coefficient (Wildman–Crippen LogP) is 4.77. The Morgan fingerprint density at radius 2 is 1.64 bits per heavy atom. The number of rotatable bonds is 9. The second-order valence-electron chi connectivity index (χ2n) is 8.40. The normalized spacial score (nSPS) is 13.4. The summed E-state index contributed by atoms with van der Waals surface area (Å²) < 4.78 is 17.4. The Labute approximate surface area is 212 Å². The Hall–Kier alpha value is -4.18. The molecule has 1 saturated heterocycles. The number of carbonyl (C=O) groups is 1. The Bertz CT molecular complexity index is 1180. The zero-order chi connectivity index (χ0) is 25.2. The van der Waals surface area contributed by atoms with Gasteiger partial charge in [-0.1, -0.05) is 18.2 Å². The van der Waals surface area contributed by atoms with Crippen molar-refractivity contribution in [3.8, 4) is 23.3 Å². The van der Waals surface area contributed by atoms with Gasteiger partial charge in [-0.2, -0.15) is 5.26 Å². The maximum atomic E-state index is 13.3. The SMILES string of the molecule is CCOc1cc(C(=O)N2CCCN(c3ccc(C#N)cc3)CC2)ccc1OCCOc1ccccc1. The van der Waals surface area contributed by atoms with Crippen molar-refractivity contribution in [2.24, 2.45) is 0 Å². The summed E-state index contributed by atoms with van der Waals surface area (Å²) in [5, 5.41) is 9.03. The topological polar surface area (TPSA) is 75.0 Å². The third kappa shape index (κ3) is 6.48. The molecule has 0 N–H and O–H groups in total. The predicted molar refractivity (Wildman–Crippen MR) is 139 cm³/mol. The largest absolute Gasteiger partial charge is 0.490 e. The number of hydrogen-bond acceptors (Lipinski definition) is 6. The molecule has 0 unspecified atom stereocenters. The second kappa shape index (κ2) is 12.5. The monoisotopic (exact) mass is 485 g/mol. The molecular formula is C29H31N3O4. The third-order valence-corrected chi connectivity index (χ3v) is 5.99. The summed E-state index contributed by atoms with van der Waals surface area (Å²) in [4.78, 5) is 17.5. The van der Waals surface area contributed by atoms with E-state index in [1.54, 1.807) is 18.2 Å². The molecule has 0 radical (unpaired) electrons. The Morgan fingerprint density at radius 1 is 0.861 bits per heavy atom. The Balaban J connectivity index is 1.36. The highest BCUT2D eigenvalue weighted by Gasteiger charge is 2.22. The van der Waals surface area contributed by atoms with Crippen LogP contribution in [0.4, 0.5) is 5.69 Å². The number of para-hydroxylation sites is 1. The number of nitriles is 1. The Kier molecular flexibility index (Phi) is 8.66. The molecule has 36 heavy (non-hydrogen) atoms. The summed E-state index contributed by atoms with van der Waals surface area (Å²) >= 11 is 0. The van der Waals surface area contributed by atoms with Gasteiger partial charge in [0.1, 0.15) is 19.0 Å². The lowest BCUT2D eigenvalue weighted by atomic mass is 10.1. The maximum absolute atomic E-state index is 13.3. The molecule has 1 aliphatic rings. The van der Waals surface area contributed by atoms with E-state index in [2.05, 4.69) is 11.0 Å². The lowest BCUT2D eigenvalue weighted by Gasteiger charge is -2.24. The number of carbonyl (C=O) groups excluding carboxylic acids is 1. The van der Waals surface area contributed by atoms with Crippen molar-refractivity contribution in [3.05, 3.63) is 83.9 Å². The van der Waals surface area contributed by atoms with Crippen LogP contribution in [0.1, 0.15) is 29.3 Å². The summed E-state index contributed by atoms with van der Waals surface area (Å²) in [7, 11) is 0. The molecule has 1 heterocycles. The molecule has 7 heteroatoms. The van der Waals surface area contributed by atoms with Crippen LogP contribution in [0.3, 0.4) is 0 Å². The average molecular weight is 486 g/mol. The van der Waals surface area contributed by atoms with Crippen LogP contribution in [-0.2, 0) is 0 Å². The van der Waals surface area contributed by atoms with Crippen LogP contribution in [0.2, 0.25) is 0 Å². The van der Waals surface area contributed by atoms with E-state index in [1.165, 1.54) is 0 Å². The molecular weight excluding hydrogens is 454 g/mol. The first-order valence-electron chi connectivity index (χ1n) is 12.3. The minimum Gasteiger partial charge on any atom is -0.490 e. The fourth-order valence-corrected chi connectivity index (χ4v) is 4.16. The van der Waals surface area contributed by atoms with Gasteiger partial charge in [0.25, 0.3) is 5.91 Å². The molecule has 0 atom stereocenters. The van der Waals surface area contributed by atoms with Crippen LogP contribution in [0.15, 0.2) is 72.8 Å². The van der Waals surface area contributed by atoms with E-state index in [1.807, 2.05) is 66.4 Å². The highest BCUT2D eigenvalue weighted by atomic mass is 16.5. The van der Waals surface area contributed by atoms with Gasteiger partial charge in [-0.3, -0.25) is 4.79 Å². The lowest BCUT2D eigenvalue weighted by Crippen LogP contribution is -2.35. The number of ether oxygens (including phenoxy) is 3. The molecule has 1 fully saturated rings. The van der Waals surface area contributed by atoms with Crippen molar-refractivity contribution in [2.45, 2.75) is 13.3 Å². The molecule has 3 aromatic carbocycles. The molecule has 0 spiro atoms. The van der Waals surface area contributed by atoms with E-state index in [9.17, 15) is 4.79 Å². The molecule has 4 rings (SSSR count). The first kappa shape index (κ1) is 24.9. The maximum Gasteiger partial charge on any atom is 0.254 e. The van der Waals surface area contributed by atoms with Gasteiger partial charge in [0.2, 0.25) is 0 Å². The van der Waals surface area contributed by atoms with Gasteiger partial charge in [0.05, 0.1) is 18.2 Å². The quantitative estimate of drug-likeness (QED) is 0.407. The summed E-state index contributed by atoms with van der Waals surface area (Å²) in [6.07, 6.45) is 0.868. The van der Waals surface area contributed by atoms with Gasteiger partial charge < -0.3 is 24.0 Å². The van der Waals surface area contributed by atoms with Gasteiger partial charge in [0, 0.05) is 37.4 Å². The van der Waals surface area contributed by atoms with Crippen molar-refractivity contribution < 1.29 is 19.0 Å². The van der Waals surface area contributed by atoms with Crippen LogP contribution < -0.4 is 19.1 Å². The molecule has 0 saturated carbocycles. The van der Waals surface area contributed by atoms with E-state index in [0.29, 0.717) is 55.5 Å². The van der Waals surface area contributed by atoms with Crippen LogP contribution >= 0.6 is 0 Å². The van der Waals surface area contributed by atoms with Crippen molar-refractivity contribution in [2.75, 3.05) is 50.9 Å². The first-order valence-corrected chi connectivity index (χ1v) is 12.3. The zero-order valence-electron chi connectivity index (χ0n) is 20.6. The molecule has 0 aromatic heterocycles. The smallest absolute Gasteiger partial charge is 0.254 e. The van der Waals surface area contributed by atoms with Gasteiger partial charge in [-0.15, -0.1) is 0 Å². The molecule has 1 amide bonds. The summed E-state index contributed by atoms with van der Waals surface area (Å²) in [5.74, 6) is 1.92. The standard InChI is InChI=1S/C29H31N3O4/c1-2-34-28-21-24(11-14-27(28)36-20-19-35-26-7-4-3-5-8-26)29(33)32-16-6-15-31(17-18-32)25-12-9-23(22-30)10-13-25/h3-5,7-14,21H,2,6,15-20H2,1H3. The number of anilines is 1. The van der Waals surface area contributed by atoms with E-state index < -0.39 is 0 Å². The third-order valence-electron chi connectivity index (χ3n) is 5.99. The van der Waals surface area contributed by atoms with Crippen LogP contribution in [0.5, 0.6) is 17.2 Å².